The molecule has 0 radical (unpaired) electrons. The number of hydrogen-bond acceptors (Lipinski definition) is 3. The van der Waals surface area contributed by atoms with E-state index in [0.717, 1.165) is 29.0 Å². The molecule has 6 heteroatoms. The Labute approximate surface area is 188 Å². The maximum absolute atomic E-state index is 14.0. The van der Waals surface area contributed by atoms with Crippen LogP contribution in [0.2, 0.25) is 0 Å². The van der Waals surface area contributed by atoms with Gasteiger partial charge in [0.05, 0.1) is 6.54 Å². The molecule has 0 bridgehead atoms. The van der Waals surface area contributed by atoms with Crippen molar-refractivity contribution in [2.24, 2.45) is 0 Å². The van der Waals surface area contributed by atoms with E-state index in [1.54, 1.807) is 24.3 Å². The van der Waals surface area contributed by atoms with Crippen LogP contribution in [-0.2, 0) is 11.3 Å². The topological polar surface area (TPSA) is 52.7 Å². The van der Waals surface area contributed by atoms with Gasteiger partial charge in [-0.2, -0.15) is 0 Å². The fourth-order valence-electron chi connectivity index (χ4n) is 5.07. The van der Waals surface area contributed by atoms with Gasteiger partial charge >= 0.3 is 6.03 Å². The first-order chi connectivity index (χ1) is 15.1. The Morgan fingerprint density at radius 2 is 1.94 bits per heavy atom. The zero-order valence-corrected chi connectivity index (χ0v) is 19.3. The summed E-state index contributed by atoms with van der Waals surface area (Å²) in [5.74, 6) is -0.500. The fraction of sp³-hybridized carbons (Fsp3) is 0.385. The Balaban J connectivity index is 1.66. The molecule has 0 saturated carbocycles. The van der Waals surface area contributed by atoms with Crippen LogP contribution in [0.4, 0.5) is 14.9 Å². The second-order valence-corrected chi connectivity index (χ2v) is 9.40. The zero-order valence-electron chi connectivity index (χ0n) is 19.3. The van der Waals surface area contributed by atoms with Crippen LogP contribution in [0.3, 0.4) is 0 Å². The number of benzene rings is 2. The van der Waals surface area contributed by atoms with Gasteiger partial charge in [0.2, 0.25) is 0 Å². The number of nitrogens with one attached hydrogen (secondary N) is 1. The summed E-state index contributed by atoms with van der Waals surface area (Å²) < 4.78 is 14.0. The number of amides is 3. The number of rotatable bonds is 4. The van der Waals surface area contributed by atoms with Crippen LogP contribution in [0.25, 0.3) is 6.08 Å². The minimum Gasteiger partial charge on any atom is -0.366 e. The number of urea groups is 1. The highest BCUT2D eigenvalue weighted by Crippen LogP contribution is 2.44. The zero-order chi connectivity index (χ0) is 23.2. The van der Waals surface area contributed by atoms with Crippen LogP contribution in [0.15, 0.2) is 42.1 Å². The summed E-state index contributed by atoms with van der Waals surface area (Å²) in [5, 5.41) is 2.66. The Kier molecular flexibility index (Phi) is 5.57. The molecule has 2 heterocycles. The number of aryl methyl sites for hydroxylation is 1. The average molecular weight is 436 g/mol. The van der Waals surface area contributed by atoms with Crippen molar-refractivity contribution < 1.29 is 14.0 Å². The summed E-state index contributed by atoms with van der Waals surface area (Å²) >= 11 is 0. The van der Waals surface area contributed by atoms with E-state index in [2.05, 4.69) is 50.0 Å². The molecule has 4 rings (SSSR count). The van der Waals surface area contributed by atoms with Crippen molar-refractivity contribution in [3.05, 3.63) is 70.2 Å². The SMILES string of the molecule is CCN1c2cc(C)c(/C=C3\NC(=O)N(Cc4ccccc4F)C3=O)cc2[C@H](C)CC1(C)C. The summed E-state index contributed by atoms with van der Waals surface area (Å²) in [4.78, 5) is 28.9. The molecule has 2 aliphatic rings. The largest absolute Gasteiger partial charge is 0.366 e. The first kappa shape index (κ1) is 22.1. The van der Waals surface area contributed by atoms with E-state index in [-0.39, 0.29) is 17.8 Å². The van der Waals surface area contributed by atoms with Crippen molar-refractivity contribution in [3.8, 4) is 0 Å². The Bertz CT molecular complexity index is 1120. The highest BCUT2D eigenvalue weighted by atomic mass is 19.1. The standard InChI is InChI=1S/C26H30FN3O2/c1-6-30-23-11-16(2)19(12-20(23)17(3)14-26(30,4)5)13-22-24(31)29(25(32)28-22)15-18-9-7-8-10-21(18)27/h7-13,17H,6,14-15H2,1-5H3,(H,28,32)/b22-13-/t17-/m1/s1. The van der Waals surface area contributed by atoms with Gasteiger partial charge in [-0.15, -0.1) is 0 Å². The number of nitrogens with zero attached hydrogens (tertiary/aromatic N) is 2. The lowest BCUT2D eigenvalue weighted by Crippen LogP contribution is -2.48. The van der Waals surface area contributed by atoms with E-state index < -0.39 is 17.8 Å². The lowest BCUT2D eigenvalue weighted by atomic mass is 9.79. The van der Waals surface area contributed by atoms with Crippen LogP contribution < -0.4 is 10.2 Å². The van der Waals surface area contributed by atoms with Gasteiger partial charge in [-0.1, -0.05) is 25.1 Å². The van der Waals surface area contributed by atoms with E-state index in [9.17, 15) is 14.0 Å². The van der Waals surface area contributed by atoms with Crippen molar-refractivity contribution in [3.63, 3.8) is 0 Å². The van der Waals surface area contributed by atoms with Crippen LogP contribution >= 0.6 is 0 Å². The predicted molar refractivity (Wildman–Crippen MR) is 125 cm³/mol. The van der Waals surface area contributed by atoms with Crippen LogP contribution in [0, 0.1) is 12.7 Å². The van der Waals surface area contributed by atoms with Gasteiger partial charge in [-0.3, -0.25) is 9.69 Å². The number of hydrogen-bond donors (Lipinski definition) is 1. The van der Waals surface area contributed by atoms with E-state index in [1.165, 1.54) is 17.3 Å². The van der Waals surface area contributed by atoms with Crippen molar-refractivity contribution >= 4 is 23.7 Å². The summed E-state index contributed by atoms with van der Waals surface area (Å²) in [6.07, 6.45) is 2.78. The maximum Gasteiger partial charge on any atom is 0.329 e. The lowest BCUT2D eigenvalue weighted by molar-refractivity contribution is -0.123. The Morgan fingerprint density at radius 3 is 2.62 bits per heavy atom. The molecule has 2 aliphatic heterocycles. The lowest BCUT2D eigenvalue weighted by Gasteiger charge is -2.47. The van der Waals surface area contributed by atoms with Crippen LogP contribution in [0.5, 0.6) is 0 Å². The highest BCUT2D eigenvalue weighted by molar-refractivity contribution is 6.14. The van der Waals surface area contributed by atoms with Crippen LogP contribution in [0.1, 0.15) is 62.3 Å². The van der Waals surface area contributed by atoms with Gasteiger partial charge in [0.15, 0.2) is 0 Å². The van der Waals surface area contributed by atoms with Gasteiger partial charge in [-0.25, -0.2) is 9.18 Å². The van der Waals surface area contributed by atoms with Gasteiger partial charge in [0.25, 0.3) is 5.91 Å². The predicted octanol–water partition coefficient (Wildman–Crippen LogP) is 5.34. The number of halogens is 1. The monoisotopic (exact) mass is 435 g/mol. The number of imide groups is 1. The minimum absolute atomic E-state index is 0.0796. The quantitative estimate of drug-likeness (QED) is 0.521. The summed E-state index contributed by atoms with van der Waals surface area (Å²) in [6, 6.07) is 9.95. The second kappa shape index (κ2) is 8.08. The number of fused-ring (bicyclic) bond motifs is 1. The third-order valence-corrected chi connectivity index (χ3v) is 6.64. The van der Waals surface area contributed by atoms with Gasteiger partial charge in [0, 0.05) is 23.3 Å². The van der Waals surface area contributed by atoms with E-state index >= 15 is 0 Å². The average Bonchev–Trinajstić information content (AvgIpc) is 2.98. The fourth-order valence-corrected chi connectivity index (χ4v) is 5.07. The minimum atomic E-state index is -0.535. The molecular formula is C26H30FN3O2. The molecule has 168 valence electrons. The molecule has 1 atom stereocenters. The van der Waals surface area contributed by atoms with Crippen molar-refractivity contribution in [2.45, 2.75) is 59.0 Å². The molecule has 32 heavy (non-hydrogen) atoms. The molecule has 1 saturated heterocycles. The van der Waals surface area contributed by atoms with Gasteiger partial charge in [-0.05, 0) is 81.0 Å². The van der Waals surface area contributed by atoms with E-state index in [1.807, 2.05) is 6.92 Å². The molecule has 2 aromatic rings. The smallest absolute Gasteiger partial charge is 0.329 e. The molecule has 0 unspecified atom stereocenters. The molecule has 0 spiro atoms. The first-order valence-corrected chi connectivity index (χ1v) is 11.1. The highest BCUT2D eigenvalue weighted by Gasteiger charge is 2.37. The summed E-state index contributed by atoms with van der Waals surface area (Å²) in [5.41, 5.74) is 5.03. The van der Waals surface area contributed by atoms with E-state index in [4.69, 9.17) is 0 Å². The Hall–Kier alpha value is -3.15. The molecular weight excluding hydrogens is 405 g/mol. The number of carbonyl (C=O) groups is 2. The molecule has 2 aromatic carbocycles. The molecule has 1 N–H and O–H groups in total. The summed E-state index contributed by atoms with van der Waals surface area (Å²) in [7, 11) is 0. The van der Waals surface area contributed by atoms with Crippen molar-refractivity contribution in [1.82, 2.24) is 10.2 Å². The second-order valence-electron chi connectivity index (χ2n) is 9.40. The summed E-state index contributed by atoms with van der Waals surface area (Å²) in [6.45, 7) is 11.8. The van der Waals surface area contributed by atoms with Crippen LogP contribution in [-0.4, -0.2) is 28.9 Å². The Morgan fingerprint density at radius 1 is 1.22 bits per heavy atom. The third kappa shape index (κ3) is 3.78. The molecule has 0 aliphatic carbocycles. The van der Waals surface area contributed by atoms with Gasteiger partial charge in [0.1, 0.15) is 11.5 Å². The van der Waals surface area contributed by atoms with E-state index in [0.29, 0.717) is 11.5 Å². The van der Waals surface area contributed by atoms with Crippen molar-refractivity contribution in [2.75, 3.05) is 11.4 Å². The molecule has 3 amide bonds. The molecule has 1 fully saturated rings. The number of carbonyl (C=O) groups excluding carboxylic acids is 2. The maximum atomic E-state index is 14.0. The third-order valence-electron chi connectivity index (χ3n) is 6.64. The van der Waals surface area contributed by atoms with Crippen molar-refractivity contribution in [1.29, 1.82) is 0 Å². The molecule has 5 nitrogen and oxygen atoms in total. The molecule has 0 aromatic heterocycles. The van der Waals surface area contributed by atoms with Gasteiger partial charge < -0.3 is 10.2 Å². The first-order valence-electron chi connectivity index (χ1n) is 11.1. The number of anilines is 1. The normalized spacial score (nSPS) is 21.2.